The number of fused-ring (bicyclic) bond motifs is 1. The van der Waals surface area contributed by atoms with E-state index >= 15 is 0 Å². The van der Waals surface area contributed by atoms with E-state index in [9.17, 15) is 8.42 Å². The van der Waals surface area contributed by atoms with Crippen LogP contribution in [0.5, 0.6) is 0 Å². The molecule has 0 aliphatic carbocycles. The van der Waals surface area contributed by atoms with Crippen LogP contribution in [0.3, 0.4) is 0 Å². The number of carbonyl (C=O) groups excluding carboxylic acids is 1. The Labute approximate surface area is 140 Å². The second-order valence-electron chi connectivity index (χ2n) is 3.50. The molecule has 0 unspecified atom stereocenters. The van der Waals surface area contributed by atoms with Gasteiger partial charge in [0.05, 0.1) is 6.61 Å². The monoisotopic (exact) mass is 301 g/mol. The zero-order valence-electron chi connectivity index (χ0n) is 11.3. The van der Waals surface area contributed by atoms with Crippen molar-refractivity contribution in [3.05, 3.63) is 55.1 Å². The molecule has 101 valence electrons. The zero-order chi connectivity index (χ0) is 14.3. The minimum absolute atomic E-state index is 0. The minimum Gasteiger partial charge on any atom is -0.307 e. The Balaban J connectivity index is 0.00000115. The van der Waals surface area contributed by atoms with Gasteiger partial charge in [0, 0.05) is 34.9 Å². The van der Waals surface area contributed by atoms with E-state index in [-0.39, 0.29) is 41.1 Å². The third-order valence-electron chi connectivity index (χ3n) is 2.36. The first-order valence-corrected chi connectivity index (χ1v) is 6.83. The van der Waals surface area contributed by atoms with Gasteiger partial charge >= 0.3 is 0 Å². The Hall–Kier alpha value is -0.980. The van der Waals surface area contributed by atoms with Crippen LogP contribution in [0.25, 0.3) is 10.8 Å². The van der Waals surface area contributed by atoms with Gasteiger partial charge in [0.25, 0.3) is 10.1 Å². The molecule has 0 amide bonds. The van der Waals surface area contributed by atoms with Crippen molar-refractivity contribution in [3.8, 4) is 0 Å². The van der Waals surface area contributed by atoms with E-state index in [1.165, 1.54) is 6.08 Å². The van der Waals surface area contributed by atoms with Crippen LogP contribution in [0, 0.1) is 0 Å². The Morgan fingerprint density at radius 3 is 2.30 bits per heavy atom. The summed E-state index contributed by atoms with van der Waals surface area (Å²) in [5, 5.41) is 1.54. The van der Waals surface area contributed by atoms with Gasteiger partial charge in [0.15, 0.2) is 0 Å². The van der Waals surface area contributed by atoms with Crippen LogP contribution in [0.15, 0.2) is 60.0 Å². The molecule has 0 fully saturated rings. The summed E-state index contributed by atoms with van der Waals surface area (Å²) >= 11 is 0. The molecular weight excluding hydrogens is 287 g/mol. The van der Waals surface area contributed by atoms with Crippen LogP contribution in [0.1, 0.15) is 0 Å². The van der Waals surface area contributed by atoms with Gasteiger partial charge in [-0.15, -0.1) is 6.58 Å². The average molecular weight is 301 g/mol. The molecule has 2 aromatic rings. The topological polar surface area (TPSA) is 60.4 Å². The van der Waals surface area contributed by atoms with E-state index in [0.29, 0.717) is 5.39 Å². The summed E-state index contributed by atoms with van der Waals surface area (Å²) in [5.41, 5.74) is 0. The Morgan fingerprint density at radius 2 is 1.65 bits per heavy atom. The fourth-order valence-corrected chi connectivity index (χ4v) is 2.72. The van der Waals surface area contributed by atoms with Crippen LogP contribution < -0.4 is 0 Å². The predicted molar refractivity (Wildman–Crippen MR) is 80.2 cm³/mol. The van der Waals surface area contributed by atoms with E-state index < -0.39 is 10.1 Å². The molecule has 0 bridgehead atoms. The van der Waals surface area contributed by atoms with Gasteiger partial charge in [-0.25, -0.2) is 0 Å². The number of benzene rings is 2. The molecule has 0 aromatic heterocycles. The molecule has 20 heavy (non-hydrogen) atoms. The SMILES string of the molecule is C=CCOS(=O)(=O)c1cccc2ccccc12.C=O.[Na]. The van der Waals surface area contributed by atoms with E-state index in [1.54, 1.807) is 24.3 Å². The molecule has 2 aromatic carbocycles. The van der Waals surface area contributed by atoms with Crippen LogP contribution >= 0.6 is 0 Å². The standard InChI is InChI=1S/C13H12O3S.CH2O.Na/c1-2-10-16-17(14,15)13-9-5-7-11-6-3-4-8-12(11)13;1-2;/h2-9H,1,10H2;1H2;. The van der Waals surface area contributed by atoms with Crippen molar-refractivity contribution in [2.24, 2.45) is 0 Å². The Kier molecular flexibility index (Phi) is 8.60. The molecule has 0 N–H and O–H groups in total. The summed E-state index contributed by atoms with van der Waals surface area (Å²) in [5.74, 6) is 0. The van der Waals surface area contributed by atoms with Crippen molar-refractivity contribution >= 4 is 57.2 Å². The second-order valence-corrected chi connectivity index (χ2v) is 5.09. The molecule has 2 rings (SSSR count). The van der Waals surface area contributed by atoms with E-state index in [4.69, 9.17) is 8.98 Å². The fourth-order valence-electron chi connectivity index (χ4n) is 1.61. The molecule has 0 heterocycles. The van der Waals surface area contributed by atoms with E-state index in [1.807, 2.05) is 25.0 Å². The van der Waals surface area contributed by atoms with E-state index in [0.717, 1.165) is 5.39 Å². The third kappa shape index (κ3) is 4.54. The predicted octanol–water partition coefficient (Wildman–Crippen LogP) is 2.17. The van der Waals surface area contributed by atoms with Gasteiger partial charge in [0.1, 0.15) is 11.7 Å². The van der Waals surface area contributed by atoms with Gasteiger partial charge in [-0.05, 0) is 11.5 Å². The molecule has 0 saturated carbocycles. The van der Waals surface area contributed by atoms with Crippen molar-refractivity contribution in [2.75, 3.05) is 6.61 Å². The number of rotatable bonds is 4. The normalized spacial score (nSPS) is 10.0. The first-order chi connectivity index (χ1) is 9.15. The Morgan fingerprint density at radius 1 is 1.05 bits per heavy atom. The van der Waals surface area contributed by atoms with E-state index in [2.05, 4.69) is 6.58 Å². The summed E-state index contributed by atoms with van der Waals surface area (Å²) in [6.07, 6.45) is 1.41. The molecule has 0 atom stereocenters. The minimum atomic E-state index is -3.72. The molecule has 0 aliphatic rings. The molecule has 0 spiro atoms. The molecular formula is C14H14NaO4S. The molecule has 4 nitrogen and oxygen atoms in total. The number of hydrogen-bond acceptors (Lipinski definition) is 4. The first kappa shape index (κ1) is 19.0. The van der Waals surface area contributed by atoms with Crippen molar-refractivity contribution in [1.82, 2.24) is 0 Å². The Bertz CT molecular complexity index is 662. The van der Waals surface area contributed by atoms with Gasteiger partial charge in [-0.3, -0.25) is 4.18 Å². The van der Waals surface area contributed by atoms with Crippen molar-refractivity contribution in [3.63, 3.8) is 0 Å². The maximum atomic E-state index is 11.9. The summed E-state index contributed by atoms with van der Waals surface area (Å²) in [4.78, 5) is 8.19. The maximum absolute atomic E-state index is 11.9. The summed E-state index contributed by atoms with van der Waals surface area (Å²) < 4.78 is 28.7. The van der Waals surface area contributed by atoms with Gasteiger partial charge in [-0.1, -0.05) is 42.5 Å². The average Bonchev–Trinajstić information content (AvgIpc) is 2.46. The maximum Gasteiger partial charge on any atom is 0.297 e. The van der Waals surface area contributed by atoms with Gasteiger partial charge < -0.3 is 4.79 Å². The molecule has 1 radical (unpaired) electrons. The molecule has 6 heteroatoms. The van der Waals surface area contributed by atoms with Crippen molar-refractivity contribution < 1.29 is 17.4 Å². The number of hydrogen-bond donors (Lipinski definition) is 0. The van der Waals surface area contributed by atoms with Crippen LogP contribution in [0.2, 0.25) is 0 Å². The summed E-state index contributed by atoms with van der Waals surface area (Å²) in [6.45, 7) is 5.41. The van der Waals surface area contributed by atoms with Crippen molar-refractivity contribution in [2.45, 2.75) is 4.90 Å². The van der Waals surface area contributed by atoms with Gasteiger partial charge in [-0.2, -0.15) is 8.42 Å². The van der Waals surface area contributed by atoms with Crippen LogP contribution in [-0.4, -0.2) is 51.4 Å². The summed E-state index contributed by atoms with van der Waals surface area (Å²) in [7, 11) is -3.72. The summed E-state index contributed by atoms with van der Waals surface area (Å²) in [6, 6.07) is 12.4. The second kappa shape index (κ2) is 9.05. The van der Waals surface area contributed by atoms with Crippen LogP contribution in [-0.2, 0) is 19.1 Å². The largest absolute Gasteiger partial charge is 0.307 e. The molecule has 0 saturated heterocycles. The number of carbonyl (C=O) groups is 1. The van der Waals surface area contributed by atoms with Crippen LogP contribution in [0.4, 0.5) is 0 Å². The van der Waals surface area contributed by atoms with Gasteiger partial charge in [0.2, 0.25) is 0 Å². The zero-order valence-corrected chi connectivity index (χ0v) is 14.1. The third-order valence-corrected chi connectivity index (χ3v) is 3.70. The molecule has 0 aliphatic heterocycles. The quantitative estimate of drug-likeness (QED) is 0.493. The smallest absolute Gasteiger partial charge is 0.297 e. The van der Waals surface area contributed by atoms with Crippen molar-refractivity contribution in [1.29, 1.82) is 0 Å². The fraction of sp³-hybridized carbons (Fsp3) is 0.0714. The first-order valence-electron chi connectivity index (χ1n) is 5.42.